The molecule has 1 rings (SSSR count). The van der Waals surface area contributed by atoms with Crippen molar-refractivity contribution in [1.29, 1.82) is 0 Å². The van der Waals surface area contributed by atoms with Crippen LogP contribution in [0.25, 0.3) is 0 Å². The van der Waals surface area contributed by atoms with Gasteiger partial charge in [-0.2, -0.15) is 0 Å². The van der Waals surface area contributed by atoms with E-state index in [0.29, 0.717) is 42.0 Å². The summed E-state index contributed by atoms with van der Waals surface area (Å²) in [5, 5.41) is 3.87. The zero-order chi connectivity index (χ0) is 15.7. The van der Waals surface area contributed by atoms with Crippen molar-refractivity contribution in [1.82, 2.24) is 5.32 Å². The van der Waals surface area contributed by atoms with Crippen LogP contribution in [0.4, 0.5) is 0 Å². The zero-order valence-corrected chi connectivity index (χ0v) is 13.8. The van der Waals surface area contributed by atoms with Crippen molar-refractivity contribution in [3.63, 3.8) is 0 Å². The van der Waals surface area contributed by atoms with Crippen LogP contribution in [0.15, 0.2) is 18.2 Å². The lowest BCUT2D eigenvalue weighted by Gasteiger charge is -2.15. The van der Waals surface area contributed by atoms with Crippen LogP contribution in [0.2, 0.25) is 10.0 Å². The topological polar surface area (TPSA) is 47.6 Å². The molecule has 0 aromatic heterocycles. The Morgan fingerprint density at radius 1 is 1.24 bits per heavy atom. The molecule has 0 spiro atoms. The molecule has 0 saturated carbocycles. The molecule has 1 aromatic rings. The number of hydrogen-bond donors (Lipinski definition) is 1. The Balaban J connectivity index is 2.35. The van der Waals surface area contributed by atoms with Gasteiger partial charge >= 0.3 is 0 Å². The molecule has 1 aromatic carbocycles. The number of ether oxygens (including phenoxy) is 2. The number of amides is 1. The predicted molar refractivity (Wildman–Crippen MR) is 85.2 cm³/mol. The highest BCUT2D eigenvalue weighted by atomic mass is 35.5. The van der Waals surface area contributed by atoms with Gasteiger partial charge in [0.15, 0.2) is 0 Å². The summed E-state index contributed by atoms with van der Waals surface area (Å²) in [6.07, 6.45) is 0.748. The second kappa shape index (κ2) is 10.0. The quantitative estimate of drug-likeness (QED) is 0.705. The molecular weight excluding hydrogens is 313 g/mol. The first-order chi connectivity index (χ1) is 10.1. The molecule has 0 aliphatic carbocycles. The number of nitrogens with one attached hydrogen (secondary N) is 1. The van der Waals surface area contributed by atoms with Crippen molar-refractivity contribution in [3.05, 3.63) is 33.8 Å². The van der Waals surface area contributed by atoms with Gasteiger partial charge in [-0.1, -0.05) is 29.3 Å². The average molecular weight is 334 g/mol. The van der Waals surface area contributed by atoms with Gasteiger partial charge in [0, 0.05) is 35.9 Å². The number of hydrogen-bond acceptors (Lipinski definition) is 3. The number of benzene rings is 1. The van der Waals surface area contributed by atoms with Gasteiger partial charge < -0.3 is 14.8 Å². The maximum atomic E-state index is 12.1. The number of methoxy groups -OCH3 is 1. The maximum absolute atomic E-state index is 12.1. The Kier molecular flexibility index (Phi) is 8.69. The summed E-state index contributed by atoms with van der Waals surface area (Å²) in [6.45, 7) is 4.07. The smallest absolute Gasteiger partial charge is 0.227 e. The summed E-state index contributed by atoms with van der Waals surface area (Å²) in [4.78, 5) is 12.1. The summed E-state index contributed by atoms with van der Waals surface area (Å²) in [5.74, 6) is -0.484. The van der Waals surface area contributed by atoms with Crippen molar-refractivity contribution < 1.29 is 14.3 Å². The highest BCUT2D eigenvalue weighted by Gasteiger charge is 2.20. The molecule has 6 heteroatoms. The Morgan fingerprint density at radius 2 is 1.90 bits per heavy atom. The summed E-state index contributed by atoms with van der Waals surface area (Å²) in [7, 11) is 1.63. The van der Waals surface area contributed by atoms with Crippen molar-refractivity contribution in [2.24, 2.45) is 0 Å². The standard InChI is InChI=1S/C15H21Cl2NO3/c1-11(14-12(16)5-3-6-13(14)17)15(19)18-7-4-8-21-10-9-20-2/h3,5-6,11H,4,7-10H2,1-2H3,(H,18,19). The first kappa shape index (κ1) is 18.2. The molecule has 4 nitrogen and oxygen atoms in total. The van der Waals surface area contributed by atoms with Gasteiger partial charge in [0.25, 0.3) is 0 Å². The molecule has 1 unspecified atom stereocenters. The molecule has 0 radical (unpaired) electrons. The minimum Gasteiger partial charge on any atom is -0.382 e. The van der Waals surface area contributed by atoms with Gasteiger partial charge in [0.1, 0.15) is 0 Å². The van der Waals surface area contributed by atoms with E-state index in [1.807, 2.05) is 0 Å². The fourth-order valence-corrected chi connectivity index (χ4v) is 2.56. The predicted octanol–water partition coefficient (Wildman–Crippen LogP) is 3.27. The molecule has 0 fully saturated rings. The molecule has 1 atom stereocenters. The Labute approximate surface area is 135 Å². The van der Waals surface area contributed by atoms with Crippen molar-refractivity contribution in [2.45, 2.75) is 19.3 Å². The van der Waals surface area contributed by atoms with Crippen LogP contribution in [-0.2, 0) is 14.3 Å². The first-order valence-corrected chi connectivity index (χ1v) is 7.61. The van der Waals surface area contributed by atoms with Crippen LogP contribution in [-0.4, -0.2) is 39.4 Å². The lowest BCUT2D eigenvalue weighted by atomic mass is 10.00. The average Bonchev–Trinajstić information content (AvgIpc) is 2.45. The number of carbonyl (C=O) groups is 1. The Bertz CT molecular complexity index is 434. The minimum atomic E-state index is -0.388. The summed E-state index contributed by atoms with van der Waals surface area (Å²) in [5.41, 5.74) is 0.662. The molecule has 0 bridgehead atoms. The third-order valence-corrected chi connectivity index (χ3v) is 3.68. The van der Waals surface area contributed by atoms with Gasteiger partial charge in [-0.25, -0.2) is 0 Å². The summed E-state index contributed by atoms with van der Waals surface area (Å²) in [6, 6.07) is 5.22. The Morgan fingerprint density at radius 3 is 2.52 bits per heavy atom. The number of rotatable bonds is 9. The largest absolute Gasteiger partial charge is 0.382 e. The van der Waals surface area contributed by atoms with E-state index in [4.69, 9.17) is 32.7 Å². The second-order valence-electron chi connectivity index (χ2n) is 4.61. The van der Waals surface area contributed by atoms with Crippen LogP contribution < -0.4 is 5.32 Å². The molecule has 0 aliphatic rings. The minimum absolute atomic E-state index is 0.0955. The lowest BCUT2D eigenvalue weighted by molar-refractivity contribution is -0.122. The van der Waals surface area contributed by atoms with Crippen LogP contribution in [0.3, 0.4) is 0 Å². The van der Waals surface area contributed by atoms with Crippen LogP contribution in [0.5, 0.6) is 0 Å². The van der Waals surface area contributed by atoms with Gasteiger partial charge in [0.05, 0.1) is 19.1 Å². The van der Waals surface area contributed by atoms with Crippen LogP contribution >= 0.6 is 23.2 Å². The second-order valence-corrected chi connectivity index (χ2v) is 5.42. The molecule has 0 saturated heterocycles. The van der Waals surface area contributed by atoms with Gasteiger partial charge in [-0.3, -0.25) is 4.79 Å². The monoisotopic (exact) mass is 333 g/mol. The molecule has 0 aliphatic heterocycles. The van der Waals surface area contributed by atoms with E-state index in [0.717, 1.165) is 6.42 Å². The van der Waals surface area contributed by atoms with Crippen molar-refractivity contribution in [2.75, 3.05) is 33.5 Å². The first-order valence-electron chi connectivity index (χ1n) is 6.86. The highest BCUT2D eigenvalue weighted by Crippen LogP contribution is 2.31. The molecule has 118 valence electrons. The normalized spacial score (nSPS) is 12.2. The molecule has 21 heavy (non-hydrogen) atoms. The molecular formula is C15H21Cl2NO3. The third kappa shape index (κ3) is 6.22. The number of carbonyl (C=O) groups excluding carboxylic acids is 1. The number of halogens is 2. The summed E-state index contributed by atoms with van der Waals surface area (Å²) < 4.78 is 10.2. The van der Waals surface area contributed by atoms with E-state index in [1.54, 1.807) is 32.2 Å². The van der Waals surface area contributed by atoms with E-state index in [1.165, 1.54) is 0 Å². The molecule has 1 amide bonds. The van der Waals surface area contributed by atoms with Crippen molar-refractivity contribution in [3.8, 4) is 0 Å². The van der Waals surface area contributed by atoms with E-state index in [9.17, 15) is 4.79 Å². The fourth-order valence-electron chi connectivity index (χ4n) is 1.84. The highest BCUT2D eigenvalue weighted by molar-refractivity contribution is 6.36. The lowest BCUT2D eigenvalue weighted by Crippen LogP contribution is -2.29. The van der Waals surface area contributed by atoms with Crippen LogP contribution in [0, 0.1) is 0 Å². The van der Waals surface area contributed by atoms with Crippen molar-refractivity contribution >= 4 is 29.1 Å². The van der Waals surface area contributed by atoms with E-state index < -0.39 is 0 Å². The van der Waals surface area contributed by atoms with E-state index in [2.05, 4.69) is 5.32 Å². The SMILES string of the molecule is COCCOCCCNC(=O)C(C)c1c(Cl)cccc1Cl. The van der Waals surface area contributed by atoms with E-state index in [-0.39, 0.29) is 11.8 Å². The van der Waals surface area contributed by atoms with E-state index >= 15 is 0 Å². The molecule has 1 N–H and O–H groups in total. The fraction of sp³-hybridized carbons (Fsp3) is 0.533. The summed E-state index contributed by atoms with van der Waals surface area (Å²) >= 11 is 12.2. The zero-order valence-electron chi connectivity index (χ0n) is 12.3. The van der Waals surface area contributed by atoms with Gasteiger partial charge in [0.2, 0.25) is 5.91 Å². The molecule has 0 heterocycles. The third-order valence-electron chi connectivity index (χ3n) is 3.02. The van der Waals surface area contributed by atoms with Crippen LogP contribution in [0.1, 0.15) is 24.8 Å². The van der Waals surface area contributed by atoms with Gasteiger partial charge in [-0.15, -0.1) is 0 Å². The Hall–Kier alpha value is -0.810. The maximum Gasteiger partial charge on any atom is 0.227 e. The van der Waals surface area contributed by atoms with Gasteiger partial charge in [-0.05, 0) is 25.5 Å².